The number of hydrogen-bond acceptors (Lipinski definition) is 3. The summed E-state index contributed by atoms with van der Waals surface area (Å²) < 4.78 is 17.1. The smallest absolute Gasteiger partial charge is 0.139 e. The highest BCUT2D eigenvalue weighted by atomic mass is 32.2. The maximum absolute atomic E-state index is 12.8. The molecule has 2 unspecified atom stereocenters. The van der Waals surface area contributed by atoms with Gasteiger partial charge in [0.1, 0.15) is 9.92 Å². The summed E-state index contributed by atoms with van der Waals surface area (Å²) >= 11 is 0. The van der Waals surface area contributed by atoms with Crippen LogP contribution in [0.4, 0.5) is 5.69 Å². The maximum Gasteiger partial charge on any atom is 0.139 e. The molecule has 1 aromatic heterocycles. The fourth-order valence-electron chi connectivity index (χ4n) is 2.69. The molecule has 0 aliphatic rings. The lowest BCUT2D eigenvalue weighted by Gasteiger charge is -2.12. The molecule has 0 bridgehead atoms. The van der Waals surface area contributed by atoms with Gasteiger partial charge >= 0.3 is 0 Å². The first-order valence-corrected chi connectivity index (χ1v) is 9.55. The first kappa shape index (κ1) is 16.7. The quantitative estimate of drug-likeness (QED) is 0.653. The van der Waals surface area contributed by atoms with Gasteiger partial charge in [0.05, 0.1) is 10.6 Å². The normalized spacial score (nSPS) is 15.1. The lowest BCUT2D eigenvalue weighted by atomic mass is 10.0. The van der Waals surface area contributed by atoms with Crippen molar-refractivity contribution in [1.82, 2.24) is 4.98 Å². The molecule has 5 nitrogen and oxygen atoms in total. The second-order valence-electron chi connectivity index (χ2n) is 5.87. The van der Waals surface area contributed by atoms with Crippen LogP contribution in [0.2, 0.25) is 0 Å². The third-order valence-corrected chi connectivity index (χ3v) is 5.45. The second-order valence-corrected chi connectivity index (χ2v) is 7.66. The fourth-order valence-corrected chi connectivity index (χ4v) is 3.75. The Morgan fingerprint density at radius 3 is 2.62 bits per heavy atom. The van der Waals surface area contributed by atoms with E-state index in [1.807, 2.05) is 36.5 Å². The molecule has 0 aliphatic heterocycles. The summed E-state index contributed by atoms with van der Waals surface area (Å²) in [5.41, 5.74) is 8.72. The van der Waals surface area contributed by atoms with Crippen LogP contribution in [0.15, 0.2) is 64.0 Å². The molecule has 0 amide bonds. The molecule has 3 aromatic rings. The van der Waals surface area contributed by atoms with Crippen LogP contribution in [0.25, 0.3) is 10.9 Å². The minimum Gasteiger partial charge on any atom is -0.361 e. The summed E-state index contributed by atoms with van der Waals surface area (Å²) in [6.07, 6.45) is 3.79. The first-order chi connectivity index (χ1) is 11.5. The van der Waals surface area contributed by atoms with Crippen molar-refractivity contribution >= 4 is 26.5 Å². The van der Waals surface area contributed by atoms with E-state index in [1.165, 1.54) is 0 Å². The highest BCUT2D eigenvalue weighted by Gasteiger charge is 2.10. The summed E-state index contributed by atoms with van der Waals surface area (Å²) in [6.45, 7) is 2.10. The lowest BCUT2D eigenvalue weighted by molar-refractivity contribution is 0.637. The Labute approximate surface area is 142 Å². The van der Waals surface area contributed by atoms with E-state index in [2.05, 4.69) is 16.3 Å². The van der Waals surface area contributed by atoms with Crippen LogP contribution in [0.3, 0.4) is 0 Å². The molecule has 2 aromatic carbocycles. The number of rotatable bonds is 5. The zero-order chi connectivity index (χ0) is 17.2. The van der Waals surface area contributed by atoms with Gasteiger partial charge in [-0.25, -0.2) is 9.35 Å². The molecule has 0 fully saturated rings. The number of aromatic nitrogens is 1. The summed E-state index contributed by atoms with van der Waals surface area (Å²) in [4.78, 5) is 3.62. The van der Waals surface area contributed by atoms with Gasteiger partial charge in [0.25, 0.3) is 0 Å². The second kappa shape index (κ2) is 6.76. The number of nitrogens with two attached hydrogens (primary N) is 2. The summed E-state index contributed by atoms with van der Waals surface area (Å²) in [7, 11) is -3.00. The van der Waals surface area contributed by atoms with E-state index in [9.17, 15) is 4.21 Å². The molecule has 0 saturated carbocycles. The SMILES string of the molecule is CCCC(N)c1ccc(S(N)(=O)=Nc2ccc3[nH]ccc3c2)cc1. The largest absolute Gasteiger partial charge is 0.361 e. The molecule has 0 spiro atoms. The minimum atomic E-state index is -3.00. The van der Waals surface area contributed by atoms with E-state index < -0.39 is 9.92 Å². The predicted octanol–water partition coefficient (Wildman–Crippen LogP) is 4.00. The Morgan fingerprint density at radius 1 is 1.17 bits per heavy atom. The zero-order valence-electron chi connectivity index (χ0n) is 13.6. The van der Waals surface area contributed by atoms with Crippen molar-refractivity contribution in [3.63, 3.8) is 0 Å². The molecule has 1 heterocycles. The van der Waals surface area contributed by atoms with E-state index in [-0.39, 0.29) is 6.04 Å². The molecule has 5 N–H and O–H groups in total. The average molecular weight is 342 g/mol. The van der Waals surface area contributed by atoms with E-state index in [1.54, 1.807) is 18.2 Å². The van der Waals surface area contributed by atoms with E-state index >= 15 is 0 Å². The third kappa shape index (κ3) is 3.51. The Balaban J connectivity index is 1.92. The van der Waals surface area contributed by atoms with Crippen LogP contribution in [0.5, 0.6) is 0 Å². The molecule has 3 rings (SSSR count). The van der Waals surface area contributed by atoms with Gasteiger partial charge in [0, 0.05) is 23.1 Å². The van der Waals surface area contributed by atoms with Crippen LogP contribution in [-0.4, -0.2) is 9.19 Å². The summed E-state index contributed by atoms with van der Waals surface area (Å²) in [5, 5.41) is 7.00. The fraction of sp³-hybridized carbons (Fsp3) is 0.222. The summed E-state index contributed by atoms with van der Waals surface area (Å²) in [5.74, 6) is 0. The molecule has 0 radical (unpaired) electrons. The standard InChI is InChI=1S/C18H22N4OS/c1-2-3-17(19)13-4-7-16(8-5-13)24(20,23)22-15-6-9-18-14(12-15)10-11-21-18/h4-12,17,21H,2-3,19H2,1H3,(H2,20,22,23). The Morgan fingerprint density at radius 2 is 1.92 bits per heavy atom. The van der Waals surface area contributed by atoms with E-state index in [0.29, 0.717) is 10.6 Å². The topological polar surface area (TPSA) is 97.3 Å². The van der Waals surface area contributed by atoms with Crippen LogP contribution < -0.4 is 10.9 Å². The van der Waals surface area contributed by atoms with Crippen LogP contribution in [0, 0.1) is 0 Å². The number of H-pyrrole nitrogens is 1. The highest BCUT2D eigenvalue weighted by Crippen LogP contribution is 2.24. The van der Waals surface area contributed by atoms with Crippen LogP contribution in [-0.2, 0) is 9.92 Å². The van der Waals surface area contributed by atoms with Gasteiger partial charge in [-0.1, -0.05) is 25.5 Å². The maximum atomic E-state index is 12.8. The van der Waals surface area contributed by atoms with Crippen molar-refractivity contribution in [3.8, 4) is 0 Å². The van der Waals surface area contributed by atoms with E-state index in [4.69, 9.17) is 10.9 Å². The summed E-state index contributed by atoms with van der Waals surface area (Å²) in [6, 6.07) is 14.8. The number of hydrogen-bond donors (Lipinski definition) is 3. The molecular formula is C18H22N4OS. The first-order valence-electron chi connectivity index (χ1n) is 7.97. The molecule has 126 valence electrons. The molecule has 2 atom stereocenters. The Kier molecular flexibility index (Phi) is 4.71. The van der Waals surface area contributed by atoms with Gasteiger partial charge < -0.3 is 10.7 Å². The van der Waals surface area contributed by atoms with Gasteiger partial charge in [-0.2, -0.15) is 4.36 Å². The van der Waals surface area contributed by atoms with Crippen LogP contribution >= 0.6 is 0 Å². The number of benzene rings is 2. The van der Waals surface area contributed by atoms with Gasteiger partial charge in [-0.3, -0.25) is 0 Å². The van der Waals surface area contributed by atoms with Gasteiger partial charge in [-0.15, -0.1) is 0 Å². The minimum absolute atomic E-state index is 0.00851. The Bertz CT molecular complexity index is 953. The monoisotopic (exact) mass is 342 g/mol. The van der Waals surface area contributed by atoms with Crippen molar-refractivity contribution in [2.45, 2.75) is 30.7 Å². The molecular weight excluding hydrogens is 320 g/mol. The van der Waals surface area contributed by atoms with Gasteiger partial charge in [-0.05, 0) is 48.4 Å². The van der Waals surface area contributed by atoms with Crippen molar-refractivity contribution in [3.05, 3.63) is 60.3 Å². The molecule has 24 heavy (non-hydrogen) atoms. The molecule has 6 heteroatoms. The molecule has 0 saturated heterocycles. The highest BCUT2D eigenvalue weighted by molar-refractivity contribution is 7.91. The van der Waals surface area contributed by atoms with Gasteiger partial charge in [0.2, 0.25) is 0 Å². The average Bonchev–Trinajstić information content (AvgIpc) is 3.02. The third-order valence-electron chi connectivity index (χ3n) is 4.02. The molecule has 0 aliphatic carbocycles. The Hall–Kier alpha value is -2.15. The number of aromatic amines is 1. The van der Waals surface area contributed by atoms with Crippen molar-refractivity contribution in [2.75, 3.05) is 0 Å². The van der Waals surface area contributed by atoms with Gasteiger partial charge in [0.15, 0.2) is 0 Å². The lowest BCUT2D eigenvalue weighted by Crippen LogP contribution is -2.13. The number of nitrogens with one attached hydrogen (secondary N) is 1. The number of nitrogens with zero attached hydrogens (tertiary/aromatic N) is 1. The van der Waals surface area contributed by atoms with E-state index in [0.717, 1.165) is 29.3 Å². The van der Waals surface area contributed by atoms with Crippen molar-refractivity contribution in [1.29, 1.82) is 0 Å². The van der Waals surface area contributed by atoms with Crippen LogP contribution in [0.1, 0.15) is 31.4 Å². The van der Waals surface area contributed by atoms with Crippen molar-refractivity contribution < 1.29 is 4.21 Å². The predicted molar refractivity (Wildman–Crippen MR) is 99.3 cm³/mol. The van der Waals surface area contributed by atoms with Crippen molar-refractivity contribution in [2.24, 2.45) is 15.2 Å². The number of fused-ring (bicyclic) bond motifs is 1. The zero-order valence-corrected chi connectivity index (χ0v) is 14.4.